The molecule has 158 valence electrons. The molecule has 1 atom stereocenters. The van der Waals surface area contributed by atoms with Crippen LogP contribution in [-0.4, -0.2) is 26.4 Å². The second kappa shape index (κ2) is 9.87. The summed E-state index contributed by atoms with van der Waals surface area (Å²) in [6.07, 6.45) is -0.425. The van der Waals surface area contributed by atoms with Crippen LogP contribution in [0, 0.1) is 5.82 Å². The summed E-state index contributed by atoms with van der Waals surface area (Å²) >= 11 is 19.1. The lowest BCUT2D eigenvalue weighted by Crippen LogP contribution is -2.15. The van der Waals surface area contributed by atoms with E-state index in [0.29, 0.717) is 27.4 Å². The second-order valence-corrected chi connectivity index (χ2v) is 8.36. The molecule has 0 aliphatic heterocycles. The summed E-state index contributed by atoms with van der Waals surface area (Å²) in [5, 5.41) is 12.3. The van der Waals surface area contributed by atoms with Gasteiger partial charge in [-0.05, 0) is 43.3 Å². The number of thioether (sulfide) groups is 1. The summed E-state index contributed by atoms with van der Waals surface area (Å²) in [4.78, 5) is 12.3. The summed E-state index contributed by atoms with van der Waals surface area (Å²) in [5.41, 5.74) is 0.372. The summed E-state index contributed by atoms with van der Waals surface area (Å²) in [7, 11) is 1.77. The molecule has 2 aromatic carbocycles. The van der Waals surface area contributed by atoms with Gasteiger partial charge in [-0.1, -0.05) is 46.6 Å². The van der Waals surface area contributed by atoms with E-state index in [4.69, 9.17) is 39.5 Å². The molecule has 1 amide bonds. The van der Waals surface area contributed by atoms with Crippen LogP contribution in [0.2, 0.25) is 15.1 Å². The number of nitrogens with zero attached hydrogens (tertiary/aromatic N) is 3. The fourth-order valence-corrected chi connectivity index (χ4v) is 3.82. The number of nitrogens with one attached hydrogen (secondary N) is 1. The molecule has 30 heavy (non-hydrogen) atoms. The Labute approximate surface area is 191 Å². The number of halogens is 4. The highest BCUT2D eigenvalue weighted by molar-refractivity contribution is 7.99. The van der Waals surface area contributed by atoms with Gasteiger partial charge in [0, 0.05) is 7.05 Å². The molecule has 0 aliphatic rings. The lowest BCUT2D eigenvalue weighted by Gasteiger charge is -2.14. The van der Waals surface area contributed by atoms with E-state index < -0.39 is 6.10 Å². The van der Waals surface area contributed by atoms with Crippen LogP contribution in [0.3, 0.4) is 0 Å². The van der Waals surface area contributed by atoms with Crippen LogP contribution in [-0.2, 0) is 11.8 Å². The van der Waals surface area contributed by atoms with Gasteiger partial charge in [-0.15, -0.1) is 10.2 Å². The zero-order valence-electron chi connectivity index (χ0n) is 15.8. The number of amides is 1. The zero-order chi connectivity index (χ0) is 21.8. The number of hydrogen-bond acceptors (Lipinski definition) is 5. The first-order chi connectivity index (χ1) is 14.2. The highest BCUT2D eigenvalue weighted by atomic mass is 35.5. The Kier molecular flexibility index (Phi) is 7.46. The zero-order valence-corrected chi connectivity index (χ0v) is 18.9. The van der Waals surface area contributed by atoms with E-state index in [9.17, 15) is 9.18 Å². The standard InChI is InChI=1S/C19H16Cl3FN4O2S/c1-10(29-12-5-3-11(23)4-6-12)18-25-26-19(27(18)2)30-9-17(28)24-16-8-14(21)13(20)7-15(16)22/h3-8,10H,9H2,1-2H3,(H,24,28). The molecule has 0 saturated carbocycles. The second-order valence-electron chi connectivity index (χ2n) is 6.20. The number of benzene rings is 2. The normalized spacial score (nSPS) is 11.9. The average Bonchev–Trinajstić information content (AvgIpc) is 3.07. The molecule has 3 rings (SSSR count). The molecule has 1 N–H and O–H groups in total. The smallest absolute Gasteiger partial charge is 0.234 e. The first kappa shape index (κ1) is 22.7. The van der Waals surface area contributed by atoms with Gasteiger partial charge in [0.2, 0.25) is 5.91 Å². The summed E-state index contributed by atoms with van der Waals surface area (Å²) in [6, 6.07) is 8.67. The first-order valence-electron chi connectivity index (χ1n) is 8.63. The maximum Gasteiger partial charge on any atom is 0.234 e. The summed E-state index contributed by atoms with van der Waals surface area (Å²) < 4.78 is 20.5. The van der Waals surface area contributed by atoms with Crippen molar-refractivity contribution in [1.82, 2.24) is 14.8 Å². The predicted octanol–water partition coefficient (Wildman–Crippen LogP) is 5.79. The number of aromatic nitrogens is 3. The fraction of sp³-hybridized carbons (Fsp3) is 0.211. The van der Waals surface area contributed by atoms with Crippen molar-refractivity contribution in [1.29, 1.82) is 0 Å². The van der Waals surface area contributed by atoms with Crippen LogP contribution < -0.4 is 10.1 Å². The number of anilines is 1. The molecular formula is C19H16Cl3FN4O2S. The van der Waals surface area contributed by atoms with Gasteiger partial charge in [0.15, 0.2) is 17.1 Å². The largest absolute Gasteiger partial charge is 0.483 e. The predicted molar refractivity (Wildman–Crippen MR) is 117 cm³/mol. The van der Waals surface area contributed by atoms with Crippen LogP contribution in [0.15, 0.2) is 41.6 Å². The van der Waals surface area contributed by atoms with Gasteiger partial charge in [0.1, 0.15) is 11.6 Å². The van der Waals surface area contributed by atoms with Gasteiger partial charge in [0.25, 0.3) is 0 Å². The number of rotatable bonds is 7. The Morgan fingerprint density at radius 3 is 2.53 bits per heavy atom. The minimum atomic E-state index is -0.425. The Hall–Kier alpha value is -2.00. The molecule has 0 spiro atoms. The van der Waals surface area contributed by atoms with Crippen LogP contribution in [0.1, 0.15) is 18.9 Å². The van der Waals surface area contributed by atoms with Crippen LogP contribution in [0.5, 0.6) is 5.75 Å². The molecule has 6 nitrogen and oxygen atoms in total. The maximum absolute atomic E-state index is 13.0. The minimum Gasteiger partial charge on any atom is -0.483 e. The number of carbonyl (C=O) groups is 1. The lowest BCUT2D eigenvalue weighted by molar-refractivity contribution is -0.113. The Morgan fingerprint density at radius 2 is 1.83 bits per heavy atom. The van der Waals surface area contributed by atoms with Crippen LogP contribution in [0.4, 0.5) is 10.1 Å². The third-order valence-electron chi connectivity index (χ3n) is 3.98. The molecule has 11 heteroatoms. The van der Waals surface area contributed by atoms with Gasteiger partial charge in [-0.25, -0.2) is 4.39 Å². The van der Waals surface area contributed by atoms with Crippen molar-refractivity contribution in [3.63, 3.8) is 0 Å². The minimum absolute atomic E-state index is 0.0791. The topological polar surface area (TPSA) is 69.0 Å². The fourth-order valence-electron chi connectivity index (χ4n) is 2.51. The van der Waals surface area contributed by atoms with Crippen molar-refractivity contribution in [2.24, 2.45) is 7.05 Å². The van der Waals surface area contributed by atoms with Gasteiger partial charge in [0.05, 0.1) is 26.5 Å². The van der Waals surface area contributed by atoms with E-state index in [1.54, 1.807) is 18.5 Å². The van der Waals surface area contributed by atoms with E-state index in [1.165, 1.54) is 48.2 Å². The van der Waals surface area contributed by atoms with Crippen molar-refractivity contribution >= 4 is 58.2 Å². The monoisotopic (exact) mass is 488 g/mol. The SMILES string of the molecule is CC(Oc1ccc(F)cc1)c1nnc(SCC(=O)Nc2cc(Cl)c(Cl)cc2Cl)n1C. The van der Waals surface area contributed by atoms with Gasteiger partial charge in [-0.2, -0.15) is 0 Å². The van der Waals surface area contributed by atoms with Crippen molar-refractivity contribution in [3.8, 4) is 5.75 Å². The van der Waals surface area contributed by atoms with Crippen molar-refractivity contribution in [2.75, 3.05) is 11.1 Å². The lowest BCUT2D eigenvalue weighted by atomic mass is 10.3. The highest BCUT2D eigenvalue weighted by Crippen LogP contribution is 2.32. The van der Waals surface area contributed by atoms with Gasteiger partial charge < -0.3 is 14.6 Å². The van der Waals surface area contributed by atoms with Crippen molar-refractivity contribution in [2.45, 2.75) is 18.2 Å². The molecule has 1 unspecified atom stereocenters. The van der Waals surface area contributed by atoms with E-state index >= 15 is 0 Å². The summed E-state index contributed by atoms with van der Waals surface area (Å²) in [6.45, 7) is 1.81. The maximum atomic E-state index is 13.0. The molecule has 3 aromatic rings. The molecular weight excluding hydrogens is 474 g/mol. The van der Waals surface area contributed by atoms with Gasteiger partial charge in [-0.3, -0.25) is 4.79 Å². The molecule has 0 radical (unpaired) electrons. The van der Waals surface area contributed by atoms with Crippen molar-refractivity contribution in [3.05, 3.63) is 63.1 Å². The van der Waals surface area contributed by atoms with Crippen LogP contribution in [0.25, 0.3) is 0 Å². The van der Waals surface area contributed by atoms with Crippen LogP contribution >= 0.6 is 46.6 Å². The van der Waals surface area contributed by atoms with E-state index in [2.05, 4.69) is 15.5 Å². The molecule has 0 saturated heterocycles. The Balaban J connectivity index is 1.60. The third kappa shape index (κ3) is 5.57. The number of ether oxygens (including phenoxy) is 1. The number of hydrogen-bond donors (Lipinski definition) is 1. The Bertz CT molecular complexity index is 1060. The molecule has 1 heterocycles. The first-order valence-corrected chi connectivity index (χ1v) is 10.7. The molecule has 1 aromatic heterocycles. The highest BCUT2D eigenvalue weighted by Gasteiger charge is 2.18. The number of carbonyl (C=O) groups excluding carboxylic acids is 1. The van der Waals surface area contributed by atoms with E-state index in [-0.39, 0.29) is 27.5 Å². The van der Waals surface area contributed by atoms with E-state index in [1.807, 2.05) is 0 Å². The van der Waals surface area contributed by atoms with E-state index in [0.717, 1.165) is 0 Å². The third-order valence-corrected chi connectivity index (χ3v) is 6.03. The molecule has 0 fully saturated rings. The Morgan fingerprint density at radius 1 is 1.17 bits per heavy atom. The quantitative estimate of drug-likeness (QED) is 0.336. The summed E-state index contributed by atoms with van der Waals surface area (Å²) in [5.74, 6) is 0.525. The van der Waals surface area contributed by atoms with Gasteiger partial charge >= 0.3 is 0 Å². The average molecular weight is 490 g/mol. The molecule has 0 bridgehead atoms. The van der Waals surface area contributed by atoms with Crippen molar-refractivity contribution < 1.29 is 13.9 Å². The molecule has 0 aliphatic carbocycles.